The SMILES string of the molecule is O=C1[C@H]2[C@@H](ON(c3ccccc3)[C@H]2c2ccc(F)cc2)C(=O)N1c1ccccc1. The van der Waals surface area contributed by atoms with E-state index in [0.29, 0.717) is 11.3 Å². The van der Waals surface area contributed by atoms with Crippen molar-refractivity contribution in [2.45, 2.75) is 12.1 Å². The summed E-state index contributed by atoms with van der Waals surface area (Å²) in [7, 11) is 0. The molecule has 0 bridgehead atoms. The van der Waals surface area contributed by atoms with E-state index in [1.165, 1.54) is 17.0 Å². The first-order valence-electron chi connectivity index (χ1n) is 9.34. The number of halogens is 1. The van der Waals surface area contributed by atoms with Crippen LogP contribution in [0.1, 0.15) is 11.6 Å². The van der Waals surface area contributed by atoms with Crippen LogP contribution in [0, 0.1) is 11.7 Å². The highest BCUT2D eigenvalue weighted by Gasteiger charge is 2.60. The molecule has 0 aromatic heterocycles. The summed E-state index contributed by atoms with van der Waals surface area (Å²) in [5.74, 6) is -1.81. The lowest BCUT2D eigenvalue weighted by Gasteiger charge is -2.28. The molecule has 0 radical (unpaired) electrons. The van der Waals surface area contributed by atoms with Crippen LogP contribution in [-0.2, 0) is 14.4 Å². The van der Waals surface area contributed by atoms with E-state index in [1.54, 1.807) is 41.5 Å². The standard InChI is InChI=1S/C23H17FN2O3/c24-16-13-11-15(12-14-16)20-19-21(29-26(20)18-9-5-2-6-10-18)23(28)25(22(19)27)17-7-3-1-4-8-17/h1-14,19-21H/t19-,20+,21-/m1/s1. The molecule has 6 heteroatoms. The maximum Gasteiger partial charge on any atom is 0.266 e. The monoisotopic (exact) mass is 388 g/mol. The molecule has 3 atom stereocenters. The average Bonchev–Trinajstić information content (AvgIpc) is 3.26. The molecule has 3 aromatic rings. The normalized spacial score (nSPS) is 23.6. The van der Waals surface area contributed by atoms with Crippen molar-refractivity contribution in [1.82, 2.24) is 0 Å². The van der Waals surface area contributed by atoms with Gasteiger partial charge in [-0.1, -0.05) is 48.5 Å². The minimum atomic E-state index is -0.932. The largest absolute Gasteiger partial charge is 0.273 e. The summed E-state index contributed by atoms with van der Waals surface area (Å²) >= 11 is 0. The number of amides is 2. The van der Waals surface area contributed by atoms with Gasteiger partial charge in [0.15, 0.2) is 6.10 Å². The zero-order valence-electron chi connectivity index (χ0n) is 15.3. The smallest absolute Gasteiger partial charge is 0.266 e. The fourth-order valence-corrected chi connectivity index (χ4v) is 4.04. The second-order valence-corrected chi connectivity index (χ2v) is 7.06. The molecule has 0 N–H and O–H groups in total. The molecule has 3 aromatic carbocycles. The van der Waals surface area contributed by atoms with Crippen LogP contribution in [0.3, 0.4) is 0 Å². The van der Waals surface area contributed by atoms with Crippen molar-refractivity contribution in [1.29, 1.82) is 0 Å². The number of nitrogens with zero attached hydrogens (tertiary/aromatic N) is 2. The highest BCUT2D eigenvalue weighted by molar-refractivity contribution is 6.23. The molecule has 2 saturated heterocycles. The third-order valence-electron chi connectivity index (χ3n) is 5.35. The quantitative estimate of drug-likeness (QED) is 0.639. The van der Waals surface area contributed by atoms with E-state index in [1.807, 2.05) is 36.4 Å². The van der Waals surface area contributed by atoms with Crippen LogP contribution in [0.5, 0.6) is 0 Å². The summed E-state index contributed by atoms with van der Waals surface area (Å²) in [6.07, 6.45) is -0.932. The van der Waals surface area contributed by atoms with E-state index in [-0.39, 0.29) is 11.7 Å². The predicted molar refractivity (Wildman–Crippen MR) is 105 cm³/mol. The zero-order chi connectivity index (χ0) is 20.0. The molecule has 0 saturated carbocycles. The van der Waals surface area contributed by atoms with Gasteiger partial charge in [0.1, 0.15) is 11.7 Å². The van der Waals surface area contributed by atoms with Crippen LogP contribution in [-0.4, -0.2) is 17.9 Å². The first-order valence-corrected chi connectivity index (χ1v) is 9.34. The predicted octanol–water partition coefficient (Wildman–Crippen LogP) is 3.88. The maximum absolute atomic E-state index is 13.5. The Morgan fingerprint density at radius 2 is 1.31 bits per heavy atom. The van der Waals surface area contributed by atoms with Gasteiger partial charge >= 0.3 is 0 Å². The number of carbonyl (C=O) groups excluding carboxylic acids is 2. The van der Waals surface area contributed by atoms with Gasteiger partial charge < -0.3 is 0 Å². The van der Waals surface area contributed by atoms with Crippen molar-refractivity contribution in [3.05, 3.63) is 96.3 Å². The maximum atomic E-state index is 13.5. The van der Waals surface area contributed by atoms with Gasteiger partial charge in [0.2, 0.25) is 5.91 Å². The van der Waals surface area contributed by atoms with Crippen LogP contribution in [0.2, 0.25) is 0 Å². The Balaban J connectivity index is 1.59. The Kier molecular flexibility index (Phi) is 4.14. The molecular formula is C23H17FN2O3. The van der Waals surface area contributed by atoms with Crippen molar-refractivity contribution >= 4 is 23.2 Å². The van der Waals surface area contributed by atoms with Crippen LogP contribution in [0.4, 0.5) is 15.8 Å². The van der Waals surface area contributed by atoms with Gasteiger partial charge in [-0.05, 0) is 42.0 Å². The lowest BCUT2D eigenvalue weighted by molar-refractivity contribution is -0.126. The molecule has 5 rings (SSSR count). The molecule has 2 heterocycles. The number of rotatable bonds is 3. The average molecular weight is 388 g/mol. The first kappa shape index (κ1) is 17.6. The van der Waals surface area contributed by atoms with E-state index < -0.39 is 24.0 Å². The third kappa shape index (κ3) is 2.80. The fraction of sp³-hybridized carbons (Fsp3) is 0.130. The Bertz CT molecular complexity index is 1060. The van der Waals surface area contributed by atoms with Crippen molar-refractivity contribution in [3.8, 4) is 0 Å². The van der Waals surface area contributed by atoms with E-state index in [2.05, 4.69) is 0 Å². The van der Waals surface area contributed by atoms with E-state index >= 15 is 0 Å². The van der Waals surface area contributed by atoms with Crippen LogP contribution >= 0.6 is 0 Å². The molecule has 2 fully saturated rings. The molecule has 5 nitrogen and oxygen atoms in total. The van der Waals surface area contributed by atoms with Gasteiger partial charge in [0.25, 0.3) is 5.91 Å². The highest BCUT2D eigenvalue weighted by Crippen LogP contribution is 2.47. The number of imide groups is 1. The summed E-state index contributed by atoms with van der Waals surface area (Å²) in [5, 5.41) is 1.60. The number of carbonyl (C=O) groups is 2. The number of fused-ring (bicyclic) bond motifs is 1. The molecule has 2 amide bonds. The van der Waals surface area contributed by atoms with Crippen molar-refractivity contribution in [2.24, 2.45) is 5.92 Å². The van der Waals surface area contributed by atoms with Gasteiger partial charge in [-0.2, -0.15) is 0 Å². The zero-order valence-corrected chi connectivity index (χ0v) is 15.3. The molecule has 0 aliphatic carbocycles. The first-order chi connectivity index (χ1) is 14.1. The Hall–Kier alpha value is -3.51. The minimum absolute atomic E-state index is 0.320. The third-order valence-corrected chi connectivity index (χ3v) is 5.35. The number of para-hydroxylation sites is 2. The van der Waals surface area contributed by atoms with Crippen LogP contribution < -0.4 is 9.96 Å². The van der Waals surface area contributed by atoms with Crippen molar-refractivity contribution in [2.75, 3.05) is 9.96 Å². The van der Waals surface area contributed by atoms with Crippen molar-refractivity contribution < 1.29 is 18.8 Å². The number of hydrogen-bond donors (Lipinski definition) is 0. The van der Waals surface area contributed by atoms with Gasteiger partial charge in [0, 0.05) is 0 Å². The number of hydroxylamine groups is 1. The second-order valence-electron chi connectivity index (χ2n) is 7.06. The summed E-state index contributed by atoms with van der Waals surface area (Å²) in [5.41, 5.74) is 1.95. The number of benzene rings is 3. The van der Waals surface area contributed by atoms with Crippen molar-refractivity contribution in [3.63, 3.8) is 0 Å². The summed E-state index contributed by atoms with van der Waals surface area (Å²) in [6, 6.07) is 23.5. The minimum Gasteiger partial charge on any atom is -0.273 e. The molecule has 2 aliphatic rings. The molecular weight excluding hydrogens is 371 g/mol. The van der Waals surface area contributed by atoms with E-state index in [0.717, 1.165) is 5.69 Å². The second kappa shape index (κ2) is 6.83. The van der Waals surface area contributed by atoms with Gasteiger partial charge in [0.05, 0.1) is 17.4 Å². The summed E-state index contributed by atoms with van der Waals surface area (Å²) < 4.78 is 13.5. The molecule has 2 aliphatic heterocycles. The van der Waals surface area contributed by atoms with Crippen LogP contribution in [0.25, 0.3) is 0 Å². The summed E-state index contributed by atoms with van der Waals surface area (Å²) in [6.45, 7) is 0. The number of hydrogen-bond acceptors (Lipinski definition) is 4. The molecule has 29 heavy (non-hydrogen) atoms. The number of anilines is 2. The Morgan fingerprint density at radius 3 is 1.93 bits per heavy atom. The van der Waals surface area contributed by atoms with E-state index in [9.17, 15) is 14.0 Å². The fourth-order valence-electron chi connectivity index (χ4n) is 4.04. The topological polar surface area (TPSA) is 49.9 Å². The van der Waals surface area contributed by atoms with Gasteiger partial charge in [-0.15, -0.1) is 0 Å². The van der Waals surface area contributed by atoms with Crippen LogP contribution in [0.15, 0.2) is 84.9 Å². The van der Waals surface area contributed by atoms with E-state index in [4.69, 9.17) is 4.84 Å². The summed E-state index contributed by atoms with van der Waals surface area (Å²) in [4.78, 5) is 33.7. The highest BCUT2D eigenvalue weighted by atomic mass is 19.1. The Labute approximate surface area is 166 Å². The lowest BCUT2D eigenvalue weighted by atomic mass is 9.90. The lowest BCUT2D eigenvalue weighted by Crippen LogP contribution is -2.37. The molecule has 0 unspecified atom stereocenters. The van der Waals surface area contributed by atoms with Gasteiger partial charge in [-0.3, -0.25) is 14.4 Å². The molecule has 144 valence electrons. The Morgan fingerprint density at radius 1 is 0.724 bits per heavy atom. The molecule has 0 spiro atoms. The van der Waals surface area contributed by atoms with Gasteiger partial charge in [-0.25, -0.2) is 14.4 Å².